The zero-order valence-corrected chi connectivity index (χ0v) is 16.6. The molecule has 1 saturated heterocycles. The summed E-state index contributed by atoms with van der Waals surface area (Å²) in [7, 11) is 0. The molecule has 0 aliphatic carbocycles. The van der Waals surface area contributed by atoms with E-state index in [4.69, 9.17) is 0 Å². The maximum Gasteiger partial charge on any atom is 0.270 e. The van der Waals surface area contributed by atoms with Crippen LogP contribution in [-0.4, -0.2) is 46.9 Å². The van der Waals surface area contributed by atoms with E-state index in [-0.39, 0.29) is 11.6 Å². The van der Waals surface area contributed by atoms with Gasteiger partial charge < -0.3 is 9.80 Å². The van der Waals surface area contributed by atoms with Crippen molar-refractivity contribution in [1.29, 1.82) is 0 Å². The molecule has 2 aromatic carbocycles. The van der Waals surface area contributed by atoms with Crippen molar-refractivity contribution < 1.29 is 9.72 Å². The number of nitro groups is 1. The minimum atomic E-state index is -0.398. The lowest BCUT2D eigenvalue weighted by Crippen LogP contribution is -2.48. The Morgan fingerprint density at radius 2 is 1.93 bits per heavy atom. The van der Waals surface area contributed by atoms with Gasteiger partial charge in [0.25, 0.3) is 11.6 Å². The first-order valence-electron chi connectivity index (χ1n) is 8.36. The number of halogens is 1. The maximum absolute atomic E-state index is 12.6. The smallest absolute Gasteiger partial charge is 0.270 e. The number of hydrogen-bond acceptors (Lipinski definition) is 6. The second-order valence-corrected chi connectivity index (χ2v) is 8.12. The molecular weight excluding hydrogens is 432 g/mol. The standard InChI is InChI=1S/C18H15BrN4O3S/c19-13-3-1-2-12(10-13)17(24)21-6-8-22(9-7-21)18-20-15-5-4-14(23(25)26)11-16(15)27-18/h1-5,10-11H,6-9H2. The van der Waals surface area contributed by atoms with E-state index in [0.717, 1.165) is 19.8 Å². The van der Waals surface area contributed by atoms with Gasteiger partial charge in [-0.25, -0.2) is 4.98 Å². The van der Waals surface area contributed by atoms with Gasteiger partial charge in [-0.15, -0.1) is 0 Å². The maximum atomic E-state index is 12.6. The number of aromatic nitrogens is 1. The fraction of sp³-hybridized carbons (Fsp3) is 0.222. The molecule has 0 saturated carbocycles. The Labute approximate surface area is 167 Å². The van der Waals surface area contributed by atoms with Gasteiger partial charge in [-0.2, -0.15) is 0 Å². The van der Waals surface area contributed by atoms with Gasteiger partial charge >= 0.3 is 0 Å². The van der Waals surface area contributed by atoms with Crippen LogP contribution < -0.4 is 4.90 Å². The Balaban J connectivity index is 1.46. The predicted molar refractivity (Wildman–Crippen MR) is 109 cm³/mol. The molecule has 0 atom stereocenters. The van der Waals surface area contributed by atoms with Crippen molar-refractivity contribution >= 4 is 54.2 Å². The van der Waals surface area contributed by atoms with Gasteiger partial charge in [0.2, 0.25) is 0 Å². The first-order chi connectivity index (χ1) is 13.0. The van der Waals surface area contributed by atoms with E-state index >= 15 is 0 Å². The lowest BCUT2D eigenvalue weighted by molar-refractivity contribution is -0.384. The minimum Gasteiger partial charge on any atom is -0.345 e. The number of hydrogen-bond donors (Lipinski definition) is 0. The largest absolute Gasteiger partial charge is 0.345 e. The number of fused-ring (bicyclic) bond motifs is 1. The van der Waals surface area contributed by atoms with Crippen LogP contribution in [0.1, 0.15) is 10.4 Å². The fourth-order valence-corrected chi connectivity index (χ4v) is 4.50. The fourth-order valence-electron chi connectivity index (χ4n) is 3.05. The van der Waals surface area contributed by atoms with Crippen molar-refractivity contribution in [2.45, 2.75) is 0 Å². The summed E-state index contributed by atoms with van der Waals surface area (Å²) >= 11 is 4.84. The highest BCUT2D eigenvalue weighted by atomic mass is 79.9. The number of non-ortho nitro benzene ring substituents is 1. The van der Waals surface area contributed by atoms with Crippen LogP contribution in [-0.2, 0) is 0 Å². The summed E-state index contributed by atoms with van der Waals surface area (Å²) in [5, 5.41) is 11.8. The van der Waals surface area contributed by atoms with E-state index in [1.165, 1.54) is 17.4 Å². The Kier molecular flexibility index (Phi) is 4.79. The highest BCUT2D eigenvalue weighted by Gasteiger charge is 2.24. The lowest BCUT2D eigenvalue weighted by Gasteiger charge is -2.34. The van der Waals surface area contributed by atoms with Crippen LogP contribution >= 0.6 is 27.3 Å². The van der Waals surface area contributed by atoms with E-state index in [0.29, 0.717) is 31.7 Å². The highest BCUT2D eigenvalue weighted by Crippen LogP contribution is 2.32. The Hall–Kier alpha value is -2.52. The monoisotopic (exact) mass is 446 g/mol. The molecule has 1 fully saturated rings. The van der Waals surface area contributed by atoms with Crippen molar-refractivity contribution in [3.8, 4) is 0 Å². The number of nitro benzene ring substituents is 1. The van der Waals surface area contributed by atoms with Gasteiger partial charge in [0, 0.05) is 48.3 Å². The van der Waals surface area contributed by atoms with Crippen molar-refractivity contribution in [2.75, 3.05) is 31.1 Å². The van der Waals surface area contributed by atoms with Crippen molar-refractivity contribution in [3.05, 3.63) is 62.6 Å². The number of nitrogens with zero attached hydrogens (tertiary/aromatic N) is 4. The second kappa shape index (κ2) is 7.24. The van der Waals surface area contributed by atoms with Gasteiger partial charge in [0.1, 0.15) is 0 Å². The predicted octanol–water partition coefficient (Wildman–Crippen LogP) is 3.93. The molecule has 0 spiro atoms. The average molecular weight is 447 g/mol. The third-order valence-electron chi connectivity index (χ3n) is 4.48. The molecule has 2 heterocycles. The number of carbonyl (C=O) groups is 1. The van der Waals surface area contributed by atoms with Crippen LogP contribution in [0.2, 0.25) is 0 Å². The molecular formula is C18H15BrN4O3S. The zero-order chi connectivity index (χ0) is 19.0. The second-order valence-electron chi connectivity index (χ2n) is 6.20. The number of carbonyl (C=O) groups excluding carboxylic acids is 1. The van der Waals surface area contributed by atoms with E-state index in [2.05, 4.69) is 25.8 Å². The number of rotatable bonds is 3. The molecule has 7 nitrogen and oxygen atoms in total. The van der Waals surface area contributed by atoms with E-state index in [9.17, 15) is 14.9 Å². The van der Waals surface area contributed by atoms with Crippen molar-refractivity contribution in [3.63, 3.8) is 0 Å². The Bertz CT molecular complexity index is 1030. The van der Waals surface area contributed by atoms with Gasteiger partial charge in [-0.05, 0) is 24.3 Å². The molecule has 1 aromatic heterocycles. The molecule has 1 amide bonds. The van der Waals surface area contributed by atoms with E-state index in [1.54, 1.807) is 12.1 Å². The average Bonchev–Trinajstić information content (AvgIpc) is 3.11. The third kappa shape index (κ3) is 3.65. The molecule has 4 rings (SSSR count). The minimum absolute atomic E-state index is 0.0240. The molecule has 9 heteroatoms. The van der Waals surface area contributed by atoms with Crippen LogP contribution in [0.25, 0.3) is 10.2 Å². The summed E-state index contributed by atoms with van der Waals surface area (Å²) < 4.78 is 1.68. The molecule has 1 aliphatic rings. The quantitative estimate of drug-likeness (QED) is 0.449. The van der Waals surface area contributed by atoms with Crippen LogP contribution in [0.15, 0.2) is 46.9 Å². The SMILES string of the molecule is O=C(c1cccc(Br)c1)N1CCN(c2nc3ccc([N+](=O)[O-])cc3s2)CC1. The summed E-state index contributed by atoms with van der Waals surface area (Å²) in [5.41, 5.74) is 1.50. The summed E-state index contributed by atoms with van der Waals surface area (Å²) in [6.45, 7) is 2.59. The van der Waals surface area contributed by atoms with E-state index < -0.39 is 4.92 Å². The number of piperazine rings is 1. The van der Waals surface area contributed by atoms with Gasteiger partial charge in [-0.3, -0.25) is 14.9 Å². The zero-order valence-electron chi connectivity index (χ0n) is 14.2. The molecule has 0 N–H and O–H groups in total. The summed E-state index contributed by atoms with van der Waals surface area (Å²) in [6.07, 6.45) is 0. The van der Waals surface area contributed by atoms with Crippen molar-refractivity contribution in [1.82, 2.24) is 9.88 Å². The first kappa shape index (κ1) is 17.9. The molecule has 0 radical (unpaired) electrons. The Morgan fingerprint density at radius 3 is 2.63 bits per heavy atom. The number of amides is 1. The van der Waals surface area contributed by atoms with Gasteiger partial charge in [0.15, 0.2) is 5.13 Å². The van der Waals surface area contributed by atoms with Crippen molar-refractivity contribution in [2.24, 2.45) is 0 Å². The van der Waals surface area contributed by atoms with Gasteiger partial charge in [-0.1, -0.05) is 33.3 Å². The highest BCUT2D eigenvalue weighted by molar-refractivity contribution is 9.10. The molecule has 0 bridgehead atoms. The normalized spacial score (nSPS) is 14.6. The number of benzene rings is 2. The van der Waals surface area contributed by atoms with E-state index in [1.807, 2.05) is 29.2 Å². The number of anilines is 1. The van der Waals surface area contributed by atoms with Crippen LogP contribution in [0.5, 0.6) is 0 Å². The topological polar surface area (TPSA) is 79.6 Å². The first-order valence-corrected chi connectivity index (χ1v) is 9.97. The summed E-state index contributed by atoms with van der Waals surface area (Å²) in [6, 6.07) is 12.1. The summed E-state index contributed by atoms with van der Waals surface area (Å²) in [4.78, 5) is 31.7. The Morgan fingerprint density at radius 1 is 1.15 bits per heavy atom. The third-order valence-corrected chi connectivity index (χ3v) is 6.05. The van der Waals surface area contributed by atoms with Gasteiger partial charge in [0.05, 0.1) is 15.1 Å². The number of thiazole rings is 1. The van der Waals surface area contributed by atoms with Crippen LogP contribution in [0.3, 0.4) is 0 Å². The molecule has 27 heavy (non-hydrogen) atoms. The lowest BCUT2D eigenvalue weighted by atomic mass is 10.2. The molecule has 3 aromatic rings. The summed E-state index contributed by atoms with van der Waals surface area (Å²) in [5.74, 6) is 0.0240. The van der Waals surface area contributed by atoms with Crippen LogP contribution in [0.4, 0.5) is 10.8 Å². The molecule has 1 aliphatic heterocycles. The van der Waals surface area contributed by atoms with Crippen LogP contribution in [0, 0.1) is 10.1 Å². The molecule has 0 unspecified atom stereocenters. The molecule has 138 valence electrons.